The number of nitrogens with one attached hydrogen (secondary N) is 1. The summed E-state index contributed by atoms with van der Waals surface area (Å²) in [5.74, 6) is 0.717. The average Bonchev–Trinajstić information content (AvgIpc) is 2.71. The van der Waals surface area contributed by atoms with Crippen LogP contribution in [-0.2, 0) is 0 Å². The first-order chi connectivity index (χ1) is 13.9. The summed E-state index contributed by atoms with van der Waals surface area (Å²) in [6, 6.07) is 16.1. The first-order valence-corrected chi connectivity index (χ1v) is 9.88. The van der Waals surface area contributed by atoms with Crippen molar-refractivity contribution in [2.24, 2.45) is 0 Å². The lowest BCUT2D eigenvalue weighted by molar-refractivity contribution is -0.576. The number of aryl methyl sites for hydroxylation is 1. The predicted molar refractivity (Wildman–Crippen MR) is 123 cm³/mol. The monoisotopic (exact) mass is 445 g/mol. The molecule has 2 N–H and O–H groups in total. The second-order valence-electron chi connectivity index (χ2n) is 6.30. The zero-order chi connectivity index (χ0) is 21.0. The van der Waals surface area contributed by atoms with E-state index in [0.717, 1.165) is 17.0 Å². The van der Waals surface area contributed by atoms with Gasteiger partial charge in [-0.1, -0.05) is 35.4 Å². The summed E-state index contributed by atoms with van der Waals surface area (Å²) in [5.41, 5.74) is 2.70. The Labute approximate surface area is 185 Å². The number of anilines is 1. The van der Waals surface area contributed by atoms with Gasteiger partial charge in [0.2, 0.25) is 0 Å². The van der Waals surface area contributed by atoms with E-state index >= 15 is 0 Å². The minimum absolute atomic E-state index is 0.0230. The van der Waals surface area contributed by atoms with Gasteiger partial charge in [-0.3, -0.25) is 0 Å². The molecule has 1 aromatic heterocycles. The van der Waals surface area contributed by atoms with Crippen LogP contribution in [0.15, 0.2) is 67.0 Å². The molecule has 0 unspecified atom stereocenters. The van der Waals surface area contributed by atoms with E-state index in [-0.39, 0.29) is 5.76 Å². The molecule has 0 spiro atoms. The van der Waals surface area contributed by atoms with Crippen LogP contribution in [0.1, 0.15) is 11.1 Å². The summed E-state index contributed by atoms with van der Waals surface area (Å²) in [6.45, 7) is 1.96. The number of ether oxygens (including phenoxy) is 1. The van der Waals surface area contributed by atoms with Crippen molar-refractivity contribution in [3.63, 3.8) is 0 Å². The van der Waals surface area contributed by atoms with Crippen LogP contribution in [0.25, 0.3) is 11.5 Å². The highest BCUT2D eigenvalue weighted by molar-refractivity contribution is 7.81. The molecule has 0 saturated heterocycles. The molecule has 0 fully saturated rings. The Balaban J connectivity index is 2.06. The van der Waals surface area contributed by atoms with Crippen LogP contribution in [0.3, 0.4) is 0 Å². The van der Waals surface area contributed by atoms with Crippen molar-refractivity contribution in [3.05, 3.63) is 88.2 Å². The molecule has 2 aromatic carbocycles. The smallest absolute Gasteiger partial charge is 0.288 e. The van der Waals surface area contributed by atoms with Crippen molar-refractivity contribution in [3.8, 4) is 5.75 Å². The van der Waals surface area contributed by atoms with Crippen LogP contribution < -0.4 is 14.6 Å². The third-order valence-corrected chi connectivity index (χ3v) is 5.22. The molecule has 0 bridgehead atoms. The number of benzene rings is 2. The molecule has 0 radical (unpaired) electrons. The SMILES string of the molecule is COc1ccc(NC(=S)/C(=C(\O)c2ccc(Cl)c(Cl)c2)[n+]2cccc(C)c2)cc1. The van der Waals surface area contributed by atoms with E-state index in [0.29, 0.717) is 26.3 Å². The van der Waals surface area contributed by atoms with Crippen LogP contribution in [-0.4, -0.2) is 17.2 Å². The predicted octanol–water partition coefficient (Wildman–Crippen LogP) is 5.92. The van der Waals surface area contributed by atoms with Crippen LogP contribution >= 0.6 is 35.4 Å². The van der Waals surface area contributed by atoms with E-state index in [1.165, 1.54) is 0 Å². The maximum absolute atomic E-state index is 11.1. The number of rotatable bonds is 5. The molecule has 3 aromatic rings. The molecule has 3 rings (SSSR count). The molecule has 7 heteroatoms. The topological polar surface area (TPSA) is 45.4 Å². The van der Waals surface area contributed by atoms with E-state index in [1.54, 1.807) is 29.9 Å². The molecule has 29 heavy (non-hydrogen) atoms. The standard InChI is InChI=1S/C22H18Cl2N2O2S/c1-14-4-3-11-26(13-14)20(21(27)15-5-10-18(23)19(24)12-15)22(29)25-16-6-8-17(28-2)9-7-16/h3-13H,1-2H3,(H-,25,27,29)/p+1. The van der Waals surface area contributed by atoms with E-state index < -0.39 is 0 Å². The Morgan fingerprint density at radius 1 is 1.07 bits per heavy atom. The van der Waals surface area contributed by atoms with E-state index in [2.05, 4.69) is 5.32 Å². The molecule has 0 aliphatic rings. The quantitative estimate of drug-likeness (QED) is 0.221. The van der Waals surface area contributed by atoms with Crippen molar-refractivity contribution in [2.45, 2.75) is 6.92 Å². The maximum atomic E-state index is 11.1. The first kappa shape index (κ1) is 21.1. The van der Waals surface area contributed by atoms with Crippen molar-refractivity contribution < 1.29 is 14.4 Å². The Kier molecular flexibility index (Phi) is 6.75. The Bertz CT molecular complexity index is 1080. The second kappa shape index (κ2) is 9.27. The zero-order valence-corrected chi connectivity index (χ0v) is 18.1. The minimum Gasteiger partial charge on any atom is -0.502 e. The highest BCUT2D eigenvalue weighted by Gasteiger charge is 2.24. The Morgan fingerprint density at radius 3 is 2.41 bits per heavy atom. The fourth-order valence-electron chi connectivity index (χ4n) is 2.72. The molecule has 0 saturated carbocycles. The van der Waals surface area contributed by atoms with Crippen molar-refractivity contribution in [2.75, 3.05) is 12.4 Å². The number of hydrogen-bond donors (Lipinski definition) is 2. The zero-order valence-electron chi connectivity index (χ0n) is 15.8. The number of nitrogens with zero attached hydrogens (tertiary/aromatic N) is 1. The molecular weight excluding hydrogens is 427 g/mol. The second-order valence-corrected chi connectivity index (χ2v) is 7.52. The summed E-state index contributed by atoms with van der Waals surface area (Å²) in [6.07, 6.45) is 3.70. The van der Waals surface area contributed by atoms with Gasteiger partial charge in [-0.25, -0.2) is 0 Å². The third kappa shape index (κ3) is 5.07. The van der Waals surface area contributed by atoms with Gasteiger partial charge in [0.25, 0.3) is 5.70 Å². The van der Waals surface area contributed by atoms with E-state index in [9.17, 15) is 5.11 Å². The number of aliphatic hydroxyl groups is 1. The normalized spacial score (nSPS) is 11.6. The lowest BCUT2D eigenvalue weighted by atomic mass is 10.1. The molecule has 0 amide bonds. The van der Waals surface area contributed by atoms with Gasteiger partial charge in [0.15, 0.2) is 23.1 Å². The summed E-state index contributed by atoms with van der Waals surface area (Å²) in [7, 11) is 1.61. The van der Waals surface area contributed by atoms with Crippen LogP contribution in [0.5, 0.6) is 5.75 Å². The lowest BCUT2D eigenvalue weighted by Crippen LogP contribution is -2.38. The number of pyridine rings is 1. The van der Waals surface area contributed by atoms with Crippen LogP contribution in [0.4, 0.5) is 5.69 Å². The summed E-state index contributed by atoms with van der Waals surface area (Å²) < 4.78 is 6.95. The minimum atomic E-state index is -0.0230. The van der Waals surface area contributed by atoms with Gasteiger partial charge in [0.05, 0.1) is 17.2 Å². The number of hydrogen-bond acceptors (Lipinski definition) is 3. The molecule has 4 nitrogen and oxygen atoms in total. The summed E-state index contributed by atoms with van der Waals surface area (Å²) in [4.78, 5) is 0.342. The summed E-state index contributed by atoms with van der Waals surface area (Å²) >= 11 is 17.8. The van der Waals surface area contributed by atoms with Gasteiger partial charge in [-0.2, -0.15) is 4.57 Å². The highest BCUT2D eigenvalue weighted by atomic mass is 35.5. The average molecular weight is 446 g/mol. The highest BCUT2D eigenvalue weighted by Crippen LogP contribution is 2.27. The number of halogens is 2. The largest absolute Gasteiger partial charge is 0.502 e. The number of thiocarbonyl (C=S) groups is 1. The van der Waals surface area contributed by atoms with Gasteiger partial charge in [0.1, 0.15) is 5.75 Å². The first-order valence-electron chi connectivity index (χ1n) is 8.71. The number of methoxy groups -OCH3 is 1. The molecule has 0 atom stereocenters. The van der Waals surface area contributed by atoms with Crippen molar-refractivity contribution >= 4 is 57.6 Å². The Hall–Kier alpha value is -2.60. The number of aliphatic hydroxyl groups excluding tert-OH is 1. The number of aromatic nitrogens is 1. The molecule has 148 valence electrons. The molecule has 0 aliphatic heterocycles. The lowest BCUT2D eigenvalue weighted by Gasteiger charge is -2.11. The molecule has 0 aliphatic carbocycles. The van der Waals surface area contributed by atoms with E-state index in [4.69, 9.17) is 40.2 Å². The fraction of sp³-hybridized carbons (Fsp3) is 0.0909. The van der Waals surface area contributed by atoms with Crippen LogP contribution in [0.2, 0.25) is 10.0 Å². The van der Waals surface area contributed by atoms with Crippen LogP contribution in [0, 0.1) is 6.92 Å². The van der Waals surface area contributed by atoms with Crippen molar-refractivity contribution in [1.82, 2.24) is 0 Å². The maximum Gasteiger partial charge on any atom is 0.288 e. The van der Waals surface area contributed by atoms with Gasteiger partial charge >= 0.3 is 0 Å². The summed E-state index contributed by atoms with van der Waals surface area (Å²) in [5, 5.41) is 15.0. The molecular formula is C22H19Cl2N2O2S+. The van der Waals surface area contributed by atoms with Gasteiger partial charge in [0, 0.05) is 22.9 Å². The van der Waals surface area contributed by atoms with Gasteiger partial charge < -0.3 is 15.2 Å². The fourth-order valence-corrected chi connectivity index (χ4v) is 3.34. The van der Waals surface area contributed by atoms with Gasteiger partial charge in [-0.05, 0) is 55.5 Å². The Morgan fingerprint density at radius 2 is 1.79 bits per heavy atom. The van der Waals surface area contributed by atoms with Gasteiger partial charge in [-0.15, -0.1) is 0 Å². The third-order valence-electron chi connectivity index (χ3n) is 4.19. The van der Waals surface area contributed by atoms with Crippen molar-refractivity contribution in [1.29, 1.82) is 0 Å². The van der Waals surface area contributed by atoms with E-state index in [1.807, 2.05) is 55.7 Å². The molecule has 1 heterocycles.